The summed E-state index contributed by atoms with van der Waals surface area (Å²) in [4.78, 5) is 23.0. The van der Waals surface area contributed by atoms with Gasteiger partial charge in [0.25, 0.3) is 5.91 Å². The van der Waals surface area contributed by atoms with Gasteiger partial charge in [0.2, 0.25) is 0 Å². The van der Waals surface area contributed by atoms with Crippen molar-refractivity contribution in [3.63, 3.8) is 0 Å². The first kappa shape index (κ1) is 18.0. The average Bonchev–Trinajstić information content (AvgIpc) is 2.72. The van der Waals surface area contributed by atoms with E-state index in [1.807, 2.05) is 30.3 Å². The number of amides is 1. The fourth-order valence-corrected chi connectivity index (χ4v) is 2.35. The summed E-state index contributed by atoms with van der Waals surface area (Å²) < 4.78 is 0. The zero-order valence-electron chi connectivity index (χ0n) is 14.4. The average molecular weight is 359 g/mol. The first-order chi connectivity index (χ1) is 13.1. The van der Waals surface area contributed by atoms with Crippen molar-refractivity contribution in [1.82, 2.24) is 5.32 Å². The Hall–Kier alpha value is -3.80. The monoisotopic (exact) mass is 359 g/mol. The first-order valence-corrected chi connectivity index (χ1v) is 8.29. The Bertz CT molecular complexity index is 950. The van der Waals surface area contributed by atoms with E-state index in [2.05, 4.69) is 15.5 Å². The van der Waals surface area contributed by atoms with Gasteiger partial charge >= 0.3 is 5.97 Å². The number of carbonyl (C=O) groups is 2. The van der Waals surface area contributed by atoms with Crippen LogP contribution in [0, 0.1) is 0 Å². The third-order valence-corrected chi connectivity index (χ3v) is 3.82. The fourth-order valence-electron chi connectivity index (χ4n) is 2.35. The van der Waals surface area contributed by atoms with Crippen LogP contribution in [0.4, 0.5) is 11.4 Å². The molecule has 6 nitrogen and oxygen atoms in total. The third-order valence-electron chi connectivity index (χ3n) is 3.82. The van der Waals surface area contributed by atoms with Crippen molar-refractivity contribution in [2.45, 2.75) is 6.54 Å². The second-order valence-electron chi connectivity index (χ2n) is 5.77. The van der Waals surface area contributed by atoms with E-state index in [9.17, 15) is 9.59 Å². The zero-order chi connectivity index (χ0) is 19.1. The molecular formula is C21H17N3O3. The molecule has 3 aromatic carbocycles. The minimum Gasteiger partial charge on any atom is -0.478 e. The number of nitrogens with one attached hydrogen (secondary N) is 1. The maximum atomic E-state index is 12.2. The second-order valence-corrected chi connectivity index (χ2v) is 5.77. The van der Waals surface area contributed by atoms with Gasteiger partial charge < -0.3 is 10.4 Å². The van der Waals surface area contributed by atoms with Gasteiger partial charge in [-0.15, -0.1) is 0 Å². The number of carboxylic acid groups (broad SMARTS) is 1. The highest BCUT2D eigenvalue weighted by molar-refractivity contribution is 5.94. The number of hydrogen-bond acceptors (Lipinski definition) is 4. The highest BCUT2D eigenvalue weighted by Gasteiger charge is 2.05. The molecule has 0 spiro atoms. The molecule has 0 heterocycles. The molecule has 1 amide bonds. The molecule has 0 atom stereocenters. The number of hydrogen-bond donors (Lipinski definition) is 2. The van der Waals surface area contributed by atoms with E-state index in [4.69, 9.17) is 5.11 Å². The molecule has 0 aliphatic heterocycles. The van der Waals surface area contributed by atoms with Crippen molar-refractivity contribution in [3.8, 4) is 0 Å². The normalized spacial score (nSPS) is 10.7. The van der Waals surface area contributed by atoms with E-state index in [0.717, 1.165) is 5.56 Å². The number of nitrogens with zero attached hydrogens (tertiary/aromatic N) is 2. The van der Waals surface area contributed by atoms with E-state index in [0.29, 0.717) is 23.5 Å². The lowest BCUT2D eigenvalue weighted by molar-refractivity contribution is 0.0696. The Morgan fingerprint density at radius 2 is 1.26 bits per heavy atom. The Labute approximate surface area is 156 Å². The molecule has 2 N–H and O–H groups in total. The van der Waals surface area contributed by atoms with Crippen molar-refractivity contribution >= 4 is 23.3 Å². The Kier molecular flexibility index (Phi) is 5.69. The van der Waals surface area contributed by atoms with Crippen LogP contribution in [-0.2, 0) is 6.54 Å². The van der Waals surface area contributed by atoms with E-state index < -0.39 is 5.97 Å². The third kappa shape index (κ3) is 5.09. The van der Waals surface area contributed by atoms with Gasteiger partial charge in [0.05, 0.1) is 16.9 Å². The molecule has 0 aliphatic rings. The number of carboxylic acids is 1. The van der Waals surface area contributed by atoms with Crippen LogP contribution in [0.5, 0.6) is 0 Å². The van der Waals surface area contributed by atoms with Crippen molar-refractivity contribution < 1.29 is 14.7 Å². The number of benzene rings is 3. The molecule has 3 rings (SSSR count). The van der Waals surface area contributed by atoms with Gasteiger partial charge in [-0.3, -0.25) is 4.79 Å². The summed E-state index contributed by atoms with van der Waals surface area (Å²) in [5.41, 5.74) is 2.90. The topological polar surface area (TPSA) is 91.1 Å². The van der Waals surface area contributed by atoms with Gasteiger partial charge in [-0.1, -0.05) is 30.3 Å². The standard InChI is InChI=1S/C21H17N3O3/c25-20(22-14-15-4-2-1-3-5-15)16-6-10-18(11-7-16)23-24-19-12-8-17(9-13-19)21(26)27/h1-13H,14H2,(H,22,25)(H,26,27). The van der Waals surface area contributed by atoms with Crippen molar-refractivity contribution in [1.29, 1.82) is 0 Å². The number of azo groups is 1. The molecule has 0 aliphatic carbocycles. The van der Waals surface area contributed by atoms with Crippen LogP contribution in [-0.4, -0.2) is 17.0 Å². The maximum absolute atomic E-state index is 12.2. The number of aromatic carboxylic acids is 1. The zero-order valence-corrected chi connectivity index (χ0v) is 14.4. The fraction of sp³-hybridized carbons (Fsp3) is 0.0476. The van der Waals surface area contributed by atoms with Crippen molar-refractivity contribution in [3.05, 3.63) is 95.6 Å². The summed E-state index contributed by atoms with van der Waals surface area (Å²) >= 11 is 0. The molecule has 3 aromatic rings. The lowest BCUT2D eigenvalue weighted by Crippen LogP contribution is -2.22. The number of rotatable bonds is 6. The highest BCUT2D eigenvalue weighted by Crippen LogP contribution is 2.19. The van der Waals surface area contributed by atoms with E-state index >= 15 is 0 Å². The minimum atomic E-state index is -0.986. The SMILES string of the molecule is O=C(O)c1ccc(N=Nc2ccc(C(=O)NCc3ccccc3)cc2)cc1. The van der Waals surface area contributed by atoms with Crippen LogP contribution in [0.2, 0.25) is 0 Å². The Morgan fingerprint density at radius 1 is 0.741 bits per heavy atom. The molecule has 0 unspecified atom stereocenters. The molecule has 27 heavy (non-hydrogen) atoms. The summed E-state index contributed by atoms with van der Waals surface area (Å²) in [6.45, 7) is 0.466. The molecule has 0 radical (unpaired) electrons. The van der Waals surface area contributed by atoms with Crippen molar-refractivity contribution in [2.24, 2.45) is 10.2 Å². The number of carbonyl (C=O) groups excluding carboxylic acids is 1. The second kappa shape index (κ2) is 8.53. The molecule has 6 heteroatoms. The quantitative estimate of drug-likeness (QED) is 0.623. The maximum Gasteiger partial charge on any atom is 0.335 e. The van der Waals surface area contributed by atoms with Crippen LogP contribution in [0.3, 0.4) is 0 Å². The van der Waals surface area contributed by atoms with E-state index in [1.54, 1.807) is 36.4 Å². The van der Waals surface area contributed by atoms with Crippen LogP contribution in [0.1, 0.15) is 26.3 Å². The minimum absolute atomic E-state index is 0.161. The van der Waals surface area contributed by atoms with Crippen LogP contribution in [0.15, 0.2) is 89.1 Å². The van der Waals surface area contributed by atoms with Gasteiger partial charge in [0.1, 0.15) is 0 Å². The van der Waals surface area contributed by atoms with Gasteiger partial charge in [0.15, 0.2) is 0 Å². The molecule has 134 valence electrons. The van der Waals surface area contributed by atoms with Crippen LogP contribution < -0.4 is 5.32 Å². The molecule has 0 saturated heterocycles. The van der Waals surface area contributed by atoms with Crippen molar-refractivity contribution in [2.75, 3.05) is 0 Å². The van der Waals surface area contributed by atoms with Crippen LogP contribution >= 0.6 is 0 Å². The van der Waals surface area contributed by atoms with Crippen LogP contribution in [0.25, 0.3) is 0 Å². The molecule has 0 fully saturated rings. The lowest BCUT2D eigenvalue weighted by atomic mass is 10.2. The predicted octanol–water partition coefficient (Wildman–Crippen LogP) is 4.73. The smallest absolute Gasteiger partial charge is 0.335 e. The van der Waals surface area contributed by atoms with Gasteiger partial charge in [-0.2, -0.15) is 10.2 Å². The summed E-state index contributed by atoms with van der Waals surface area (Å²) in [5, 5.41) is 19.9. The van der Waals surface area contributed by atoms with Gasteiger partial charge in [-0.25, -0.2) is 4.79 Å². The van der Waals surface area contributed by atoms with Gasteiger partial charge in [0, 0.05) is 12.1 Å². The molecular weight excluding hydrogens is 342 g/mol. The summed E-state index contributed by atoms with van der Waals surface area (Å²) in [5.74, 6) is -1.15. The molecule has 0 aromatic heterocycles. The van der Waals surface area contributed by atoms with Gasteiger partial charge in [-0.05, 0) is 54.1 Å². The lowest BCUT2D eigenvalue weighted by Gasteiger charge is -2.05. The first-order valence-electron chi connectivity index (χ1n) is 8.29. The van der Waals surface area contributed by atoms with E-state index in [1.165, 1.54) is 12.1 Å². The summed E-state index contributed by atoms with van der Waals surface area (Å²) in [6, 6.07) is 22.6. The summed E-state index contributed by atoms with van der Waals surface area (Å²) in [7, 11) is 0. The molecule has 0 saturated carbocycles. The van der Waals surface area contributed by atoms with E-state index in [-0.39, 0.29) is 11.5 Å². The highest BCUT2D eigenvalue weighted by atomic mass is 16.4. The molecule has 0 bridgehead atoms. The summed E-state index contributed by atoms with van der Waals surface area (Å²) in [6.07, 6.45) is 0. The Morgan fingerprint density at radius 3 is 1.78 bits per heavy atom. The predicted molar refractivity (Wildman–Crippen MR) is 102 cm³/mol. The Balaban J connectivity index is 1.59. The largest absolute Gasteiger partial charge is 0.478 e.